The van der Waals surface area contributed by atoms with Crippen molar-refractivity contribution in [3.63, 3.8) is 0 Å². The van der Waals surface area contributed by atoms with Crippen molar-refractivity contribution < 1.29 is 22.8 Å². The van der Waals surface area contributed by atoms with E-state index in [0.29, 0.717) is 0 Å². The number of rotatable bonds is 4. The molecular formula is C16H12ClF3N2O2. The van der Waals surface area contributed by atoms with Crippen LogP contribution in [-0.2, 0) is 4.79 Å². The van der Waals surface area contributed by atoms with Gasteiger partial charge in [0.15, 0.2) is 11.6 Å². The van der Waals surface area contributed by atoms with Gasteiger partial charge in [-0.2, -0.15) is 0 Å². The maximum atomic E-state index is 13.4. The first-order chi connectivity index (χ1) is 11.3. The Morgan fingerprint density at radius 3 is 2.33 bits per heavy atom. The first-order valence-corrected chi connectivity index (χ1v) is 7.13. The molecule has 0 spiro atoms. The van der Waals surface area contributed by atoms with E-state index >= 15 is 0 Å². The molecule has 0 aliphatic rings. The number of halogens is 4. The Kier molecular flexibility index (Phi) is 5.46. The molecule has 0 saturated heterocycles. The second-order valence-corrected chi connectivity index (χ2v) is 5.23. The fraction of sp³-hybridized carbons (Fsp3) is 0.125. The minimum Gasteiger partial charge on any atom is -0.357 e. The lowest BCUT2D eigenvalue weighted by Gasteiger charge is -2.18. The summed E-state index contributed by atoms with van der Waals surface area (Å²) in [5, 5.41) is 4.53. The van der Waals surface area contributed by atoms with E-state index in [4.69, 9.17) is 11.6 Å². The Hall–Kier alpha value is -2.54. The van der Waals surface area contributed by atoms with Gasteiger partial charge in [0.25, 0.3) is 5.91 Å². The van der Waals surface area contributed by atoms with Crippen LogP contribution in [0.25, 0.3) is 0 Å². The molecule has 0 fully saturated rings. The molecule has 1 atom stereocenters. The average Bonchev–Trinajstić information content (AvgIpc) is 2.54. The quantitative estimate of drug-likeness (QED) is 0.885. The van der Waals surface area contributed by atoms with E-state index < -0.39 is 35.3 Å². The molecule has 2 amide bonds. The molecule has 2 aromatic carbocycles. The predicted octanol–water partition coefficient (Wildman–Crippen LogP) is 2.97. The van der Waals surface area contributed by atoms with Crippen LogP contribution in [0.15, 0.2) is 36.4 Å². The van der Waals surface area contributed by atoms with Gasteiger partial charge < -0.3 is 10.6 Å². The molecule has 2 rings (SSSR count). The van der Waals surface area contributed by atoms with Crippen LogP contribution < -0.4 is 10.6 Å². The van der Waals surface area contributed by atoms with Crippen LogP contribution in [0.5, 0.6) is 0 Å². The molecule has 4 nitrogen and oxygen atoms in total. The summed E-state index contributed by atoms with van der Waals surface area (Å²) in [4.78, 5) is 24.2. The number of hydrogen-bond donors (Lipinski definition) is 2. The van der Waals surface area contributed by atoms with E-state index in [1.807, 2.05) is 0 Å². The highest BCUT2D eigenvalue weighted by Crippen LogP contribution is 2.21. The summed E-state index contributed by atoms with van der Waals surface area (Å²) in [6.45, 7) is 0. The van der Waals surface area contributed by atoms with Crippen LogP contribution in [0.4, 0.5) is 13.2 Å². The second-order valence-electron chi connectivity index (χ2n) is 4.82. The van der Waals surface area contributed by atoms with Crippen molar-refractivity contribution in [2.24, 2.45) is 0 Å². The molecule has 1 unspecified atom stereocenters. The molecule has 24 heavy (non-hydrogen) atoms. The van der Waals surface area contributed by atoms with Crippen molar-refractivity contribution >= 4 is 23.4 Å². The van der Waals surface area contributed by atoms with Crippen molar-refractivity contribution in [3.05, 3.63) is 70.0 Å². The Balaban J connectivity index is 2.33. The van der Waals surface area contributed by atoms with Gasteiger partial charge in [-0.15, -0.1) is 0 Å². The van der Waals surface area contributed by atoms with Gasteiger partial charge in [0.1, 0.15) is 11.9 Å². The zero-order valence-corrected chi connectivity index (χ0v) is 13.1. The van der Waals surface area contributed by atoms with Crippen molar-refractivity contribution in [1.82, 2.24) is 10.6 Å². The largest absolute Gasteiger partial charge is 0.357 e. The molecule has 0 aliphatic carbocycles. The number of hydrogen-bond acceptors (Lipinski definition) is 2. The number of amides is 2. The van der Waals surface area contributed by atoms with Gasteiger partial charge >= 0.3 is 0 Å². The van der Waals surface area contributed by atoms with Crippen molar-refractivity contribution in [3.8, 4) is 0 Å². The first kappa shape index (κ1) is 17.8. The molecule has 0 radical (unpaired) electrons. The van der Waals surface area contributed by atoms with Gasteiger partial charge in [-0.25, -0.2) is 13.2 Å². The molecule has 0 heterocycles. The summed E-state index contributed by atoms with van der Waals surface area (Å²) in [6.07, 6.45) is 0. The van der Waals surface area contributed by atoms with Crippen LogP contribution in [0.1, 0.15) is 22.0 Å². The predicted molar refractivity (Wildman–Crippen MR) is 82.0 cm³/mol. The lowest BCUT2D eigenvalue weighted by Crippen LogP contribution is -2.39. The number of carbonyl (C=O) groups is 2. The molecule has 126 valence electrons. The fourth-order valence-corrected chi connectivity index (χ4v) is 2.27. The monoisotopic (exact) mass is 356 g/mol. The second kappa shape index (κ2) is 7.35. The van der Waals surface area contributed by atoms with E-state index in [1.165, 1.54) is 13.1 Å². The molecular weight excluding hydrogens is 345 g/mol. The van der Waals surface area contributed by atoms with Crippen LogP contribution in [0.2, 0.25) is 5.02 Å². The number of benzene rings is 2. The Morgan fingerprint density at radius 1 is 1.04 bits per heavy atom. The summed E-state index contributed by atoms with van der Waals surface area (Å²) in [5.41, 5.74) is -0.0191. The lowest BCUT2D eigenvalue weighted by molar-refractivity contribution is -0.122. The Morgan fingerprint density at radius 2 is 1.75 bits per heavy atom. The van der Waals surface area contributed by atoms with Gasteiger partial charge in [-0.1, -0.05) is 17.7 Å². The first-order valence-electron chi connectivity index (χ1n) is 6.76. The van der Waals surface area contributed by atoms with Gasteiger partial charge in [0, 0.05) is 7.05 Å². The minimum atomic E-state index is -1.28. The SMILES string of the molecule is CNC(=O)C(NC(=O)c1ccc(F)cc1Cl)c1ccc(F)c(F)c1. The number of likely N-dealkylation sites (N-methyl/N-ethyl adjacent to an activating group) is 1. The molecule has 0 aromatic heterocycles. The third-order valence-corrected chi connectivity index (χ3v) is 3.55. The van der Waals surface area contributed by atoms with Crippen LogP contribution in [0.3, 0.4) is 0 Å². The fourth-order valence-electron chi connectivity index (χ4n) is 2.02. The maximum Gasteiger partial charge on any atom is 0.253 e. The van der Waals surface area contributed by atoms with Crippen molar-refractivity contribution in [2.75, 3.05) is 7.05 Å². The maximum absolute atomic E-state index is 13.4. The van der Waals surface area contributed by atoms with Crippen molar-refractivity contribution in [2.45, 2.75) is 6.04 Å². The van der Waals surface area contributed by atoms with Gasteiger partial charge in [0.2, 0.25) is 5.91 Å². The highest BCUT2D eigenvalue weighted by Gasteiger charge is 2.24. The molecule has 2 N–H and O–H groups in total. The lowest BCUT2D eigenvalue weighted by atomic mass is 10.0. The molecule has 2 aromatic rings. The molecule has 0 saturated carbocycles. The van der Waals surface area contributed by atoms with E-state index in [0.717, 1.165) is 30.3 Å². The smallest absolute Gasteiger partial charge is 0.253 e. The highest BCUT2D eigenvalue weighted by atomic mass is 35.5. The van der Waals surface area contributed by atoms with E-state index in [1.54, 1.807) is 0 Å². The molecule has 0 aliphatic heterocycles. The van der Waals surface area contributed by atoms with E-state index in [-0.39, 0.29) is 16.1 Å². The zero-order valence-electron chi connectivity index (χ0n) is 12.4. The van der Waals surface area contributed by atoms with Crippen LogP contribution in [0, 0.1) is 17.5 Å². The molecule has 0 bridgehead atoms. The summed E-state index contributed by atoms with van der Waals surface area (Å²) < 4.78 is 39.5. The van der Waals surface area contributed by atoms with E-state index in [9.17, 15) is 22.8 Å². The standard InChI is InChI=1S/C16H12ClF3N2O2/c1-21-16(24)14(8-2-5-12(19)13(20)6-8)22-15(23)10-4-3-9(18)7-11(10)17/h2-7,14H,1H3,(H,21,24)(H,22,23). The summed E-state index contributed by atoms with van der Waals surface area (Å²) >= 11 is 5.80. The van der Waals surface area contributed by atoms with Crippen molar-refractivity contribution in [1.29, 1.82) is 0 Å². The third-order valence-electron chi connectivity index (χ3n) is 3.24. The van der Waals surface area contributed by atoms with Crippen LogP contribution in [-0.4, -0.2) is 18.9 Å². The van der Waals surface area contributed by atoms with Gasteiger partial charge in [-0.05, 0) is 35.9 Å². The van der Waals surface area contributed by atoms with Gasteiger partial charge in [-0.3, -0.25) is 9.59 Å². The zero-order chi connectivity index (χ0) is 17.9. The number of carbonyl (C=O) groups excluding carboxylic acids is 2. The van der Waals surface area contributed by atoms with Crippen LogP contribution >= 0.6 is 11.6 Å². The Bertz CT molecular complexity index is 799. The third kappa shape index (κ3) is 3.86. The summed E-state index contributed by atoms with van der Waals surface area (Å²) in [7, 11) is 1.33. The number of nitrogens with one attached hydrogen (secondary N) is 2. The van der Waals surface area contributed by atoms with Gasteiger partial charge in [0.05, 0.1) is 10.6 Å². The Labute approximate surface area is 140 Å². The normalized spacial score (nSPS) is 11.7. The minimum absolute atomic E-state index is 0.0415. The summed E-state index contributed by atoms with van der Waals surface area (Å²) in [5.74, 6) is -4.27. The summed E-state index contributed by atoms with van der Waals surface area (Å²) in [6, 6.07) is 4.68. The topological polar surface area (TPSA) is 58.2 Å². The van der Waals surface area contributed by atoms with E-state index in [2.05, 4.69) is 10.6 Å². The highest BCUT2D eigenvalue weighted by molar-refractivity contribution is 6.33. The molecule has 8 heteroatoms. The average molecular weight is 357 g/mol.